The summed E-state index contributed by atoms with van der Waals surface area (Å²) in [6.45, 7) is 3.15. The van der Waals surface area contributed by atoms with Gasteiger partial charge in [0.05, 0.1) is 18.7 Å². The molecule has 0 aliphatic rings. The van der Waals surface area contributed by atoms with Gasteiger partial charge in [0.2, 0.25) is 0 Å². The van der Waals surface area contributed by atoms with Crippen LogP contribution in [0.1, 0.15) is 10.6 Å². The van der Waals surface area contributed by atoms with Crippen molar-refractivity contribution in [3.05, 3.63) is 10.6 Å². The minimum atomic E-state index is -0.855. The number of carboxylic acid groups (broad SMARTS) is 1. The minimum absolute atomic E-state index is 0.0196. The molecule has 84 valence electrons. The SMILES string of the molecule is COCCNc1nc(CC(=O)O)c(C)s1. The molecule has 0 aliphatic carbocycles. The average molecular weight is 230 g/mol. The van der Waals surface area contributed by atoms with E-state index in [4.69, 9.17) is 9.84 Å². The summed E-state index contributed by atoms with van der Waals surface area (Å²) in [5, 5.41) is 12.5. The van der Waals surface area contributed by atoms with Crippen LogP contribution in [0.3, 0.4) is 0 Å². The van der Waals surface area contributed by atoms with E-state index < -0.39 is 5.97 Å². The van der Waals surface area contributed by atoms with Crippen LogP contribution in [-0.4, -0.2) is 36.3 Å². The van der Waals surface area contributed by atoms with Crippen molar-refractivity contribution in [1.82, 2.24) is 4.98 Å². The predicted octanol–water partition coefficient (Wildman–Crippen LogP) is 1.14. The fourth-order valence-corrected chi connectivity index (χ4v) is 1.93. The van der Waals surface area contributed by atoms with E-state index in [0.717, 1.165) is 10.0 Å². The number of ether oxygens (including phenoxy) is 1. The molecule has 0 aliphatic heterocycles. The molecule has 1 aromatic heterocycles. The van der Waals surface area contributed by atoms with Gasteiger partial charge in [-0.3, -0.25) is 4.79 Å². The third-order valence-corrected chi connectivity index (χ3v) is 2.76. The molecular formula is C9H14N2O3S. The lowest BCUT2D eigenvalue weighted by Gasteiger charge is -1.99. The van der Waals surface area contributed by atoms with Gasteiger partial charge in [0, 0.05) is 18.5 Å². The normalized spacial score (nSPS) is 10.3. The molecule has 0 saturated heterocycles. The molecule has 2 N–H and O–H groups in total. The number of aromatic nitrogens is 1. The van der Waals surface area contributed by atoms with Crippen LogP contribution in [0, 0.1) is 6.92 Å². The summed E-state index contributed by atoms with van der Waals surface area (Å²) >= 11 is 1.47. The molecule has 0 atom stereocenters. The topological polar surface area (TPSA) is 71.5 Å². The van der Waals surface area contributed by atoms with Gasteiger partial charge in [-0.1, -0.05) is 0 Å². The number of hydrogen-bond donors (Lipinski definition) is 2. The van der Waals surface area contributed by atoms with Crippen LogP contribution in [-0.2, 0) is 16.0 Å². The zero-order chi connectivity index (χ0) is 11.3. The molecule has 0 spiro atoms. The fraction of sp³-hybridized carbons (Fsp3) is 0.556. The summed E-state index contributed by atoms with van der Waals surface area (Å²) in [5.74, 6) is -0.855. The maximum Gasteiger partial charge on any atom is 0.309 e. The lowest BCUT2D eigenvalue weighted by Crippen LogP contribution is -2.07. The van der Waals surface area contributed by atoms with Gasteiger partial charge in [-0.25, -0.2) is 4.98 Å². The third-order valence-electron chi connectivity index (χ3n) is 1.79. The minimum Gasteiger partial charge on any atom is -0.481 e. The van der Waals surface area contributed by atoms with Crippen LogP contribution < -0.4 is 5.32 Å². The molecule has 0 amide bonds. The first kappa shape index (κ1) is 11.9. The predicted molar refractivity (Wildman–Crippen MR) is 58.6 cm³/mol. The molecule has 5 nitrogen and oxygen atoms in total. The Labute approximate surface area is 92.1 Å². The van der Waals surface area contributed by atoms with E-state index in [1.165, 1.54) is 11.3 Å². The van der Waals surface area contributed by atoms with Crippen LogP contribution >= 0.6 is 11.3 Å². The van der Waals surface area contributed by atoms with E-state index in [1.54, 1.807) is 7.11 Å². The number of carboxylic acids is 1. The van der Waals surface area contributed by atoms with E-state index in [1.807, 2.05) is 6.92 Å². The Balaban J connectivity index is 2.56. The third kappa shape index (κ3) is 3.85. The highest BCUT2D eigenvalue weighted by Gasteiger charge is 2.10. The van der Waals surface area contributed by atoms with Crippen LogP contribution in [0.15, 0.2) is 0 Å². The van der Waals surface area contributed by atoms with Gasteiger partial charge in [-0.2, -0.15) is 0 Å². The molecule has 0 bridgehead atoms. The number of methoxy groups -OCH3 is 1. The lowest BCUT2D eigenvalue weighted by atomic mass is 10.3. The van der Waals surface area contributed by atoms with Crippen LogP contribution in [0.5, 0.6) is 0 Å². The van der Waals surface area contributed by atoms with Gasteiger partial charge < -0.3 is 15.2 Å². The molecule has 0 saturated carbocycles. The zero-order valence-corrected chi connectivity index (χ0v) is 9.56. The van der Waals surface area contributed by atoms with Gasteiger partial charge in [-0.15, -0.1) is 11.3 Å². The van der Waals surface area contributed by atoms with E-state index in [9.17, 15) is 4.79 Å². The first-order valence-electron chi connectivity index (χ1n) is 4.54. The Morgan fingerprint density at radius 3 is 3.00 bits per heavy atom. The van der Waals surface area contributed by atoms with Crippen molar-refractivity contribution in [3.8, 4) is 0 Å². The number of hydrogen-bond acceptors (Lipinski definition) is 5. The van der Waals surface area contributed by atoms with E-state index in [-0.39, 0.29) is 6.42 Å². The van der Waals surface area contributed by atoms with Gasteiger partial charge >= 0.3 is 5.97 Å². The number of aryl methyl sites for hydroxylation is 1. The fourth-order valence-electron chi connectivity index (χ4n) is 1.07. The number of aliphatic carboxylic acids is 1. The molecule has 15 heavy (non-hydrogen) atoms. The molecule has 1 rings (SSSR count). The van der Waals surface area contributed by atoms with Gasteiger partial charge in [0.1, 0.15) is 0 Å². The first-order chi connectivity index (χ1) is 7.13. The largest absolute Gasteiger partial charge is 0.481 e. The number of anilines is 1. The number of nitrogens with zero attached hydrogens (tertiary/aromatic N) is 1. The molecule has 0 unspecified atom stereocenters. The summed E-state index contributed by atoms with van der Waals surface area (Å²) in [6.07, 6.45) is -0.0196. The number of carbonyl (C=O) groups is 1. The number of thiazole rings is 1. The molecule has 0 fully saturated rings. The van der Waals surface area contributed by atoms with Gasteiger partial charge in [0.15, 0.2) is 5.13 Å². The van der Waals surface area contributed by atoms with Gasteiger partial charge in [0.25, 0.3) is 0 Å². The van der Waals surface area contributed by atoms with Gasteiger partial charge in [-0.05, 0) is 6.92 Å². The Kier molecular flexibility index (Phi) is 4.51. The van der Waals surface area contributed by atoms with Crippen molar-refractivity contribution in [3.63, 3.8) is 0 Å². The van der Waals surface area contributed by atoms with Crippen molar-refractivity contribution < 1.29 is 14.6 Å². The first-order valence-corrected chi connectivity index (χ1v) is 5.36. The van der Waals surface area contributed by atoms with E-state index in [2.05, 4.69) is 10.3 Å². The second-order valence-electron chi connectivity index (χ2n) is 3.01. The molecule has 6 heteroatoms. The van der Waals surface area contributed by atoms with Crippen molar-refractivity contribution in [2.45, 2.75) is 13.3 Å². The maximum absolute atomic E-state index is 10.5. The second kappa shape index (κ2) is 5.67. The summed E-state index contributed by atoms with van der Waals surface area (Å²) in [6, 6.07) is 0. The highest BCUT2D eigenvalue weighted by Crippen LogP contribution is 2.22. The van der Waals surface area contributed by atoms with Crippen LogP contribution in [0.2, 0.25) is 0 Å². The monoisotopic (exact) mass is 230 g/mol. The van der Waals surface area contributed by atoms with Crippen molar-refractivity contribution in [2.75, 3.05) is 25.6 Å². The summed E-state index contributed by atoms with van der Waals surface area (Å²) < 4.78 is 4.89. The van der Waals surface area contributed by atoms with Crippen molar-refractivity contribution >= 4 is 22.4 Å². The molecule has 1 heterocycles. The van der Waals surface area contributed by atoms with E-state index in [0.29, 0.717) is 18.8 Å². The standard InChI is InChI=1S/C9H14N2O3S/c1-6-7(5-8(12)13)11-9(15-6)10-3-4-14-2/h3-5H2,1-2H3,(H,10,11)(H,12,13). The summed E-state index contributed by atoms with van der Waals surface area (Å²) in [4.78, 5) is 15.6. The molecule has 1 aromatic rings. The van der Waals surface area contributed by atoms with Crippen molar-refractivity contribution in [2.24, 2.45) is 0 Å². The number of nitrogens with one attached hydrogen (secondary N) is 1. The van der Waals surface area contributed by atoms with Crippen LogP contribution in [0.25, 0.3) is 0 Å². The highest BCUT2D eigenvalue weighted by atomic mass is 32.1. The summed E-state index contributed by atoms with van der Waals surface area (Å²) in [7, 11) is 1.63. The Hall–Kier alpha value is -1.14. The second-order valence-corrected chi connectivity index (χ2v) is 4.22. The smallest absolute Gasteiger partial charge is 0.309 e. The number of rotatable bonds is 6. The molecule has 0 radical (unpaired) electrons. The quantitative estimate of drug-likeness (QED) is 0.717. The Morgan fingerprint density at radius 2 is 2.40 bits per heavy atom. The Morgan fingerprint density at radius 1 is 1.67 bits per heavy atom. The molecular weight excluding hydrogens is 216 g/mol. The molecule has 0 aromatic carbocycles. The Bertz CT molecular complexity index is 338. The van der Waals surface area contributed by atoms with Crippen molar-refractivity contribution in [1.29, 1.82) is 0 Å². The average Bonchev–Trinajstić information content (AvgIpc) is 2.47. The summed E-state index contributed by atoms with van der Waals surface area (Å²) in [5.41, 5.74) is 0.632. The lowest BCUT2D eigenvalue weighted by molar-refractivity contribution is -0.136. The zero-order valence-electron chi connectivity index (χ0n) is 8.74. The van der Waals surface area contributed by atoms with E-state index >= 15 is 0 Å². The highest BCUT2D eigenvalue weighted by molar-refractivity contribution is 7.15. The van der Waals surface area contributed by atoms with Crippen LogP contribution in [0.4, 0.5) is 5.13 Å². The maximum atomic E-state index is 10.5.